The van der Waals surface area contributed by atoms with Crippen molar-refractivity contribution in [3.63, 3.8) is 0 Å². The number of aliphatic hydroxyl groups is 2. The summed E-state index contributed by atoms with van der Waals surface area (Å²) >= 11 is 0. The molecular weight excluding hydrogens is 272 g/mol. The summed E-state index contributed by atoms with van der Waals surface area (Å²) in [5.41, 5.74) is 1.74. The Morgan fingerprint density at radius 3 is 2.95 bits per heavy atom. The van der Waals surface area contributed by atoms with Crippen LogP contribution in [-0.4, -0.2) is 44.7 Å². The van der Waals surface area contributed by atoms with E-state index in [4.69, 9.17) is 9.84 Å². The second kappa shape index (κ2) is 6.69. The number of nitrogens with zero attached hydrogens (tertiary/aromatic N) is 2. The third-order valence-corrected chi connectivity index (χ3v) is 3.27. The highest BCUT2D eigenvalue weighted by molar-refractivity contribution is 5.96. The summed E-state index contributed by atoms with van der Waals surface area (Å²) in [6.07, 6.45) is 1.29. The van der Waals surface area contributed by atoms with Crippen LogP contribution in [0.3, 0.4) is 0 Å². The van der Waals surface area contributed by atoms with E-state index < -0.39 is 6.10 Å². The van der Waals surface area contributed by atoms with Crippen molar-refractivity contribution in [2.24, 2.45) is 0 Å². The van der Waals surface area contributed by atoms with Gasteiger partial charge in [-0.1, -0.05) is 0 Å². The van der Waals surface area contributed by atoms with Crippen LogP contribution in [0.5, 0.6) is 5.75 Å². The molecule has 0 aliphatic heterocycles. The molecule has 0 fully saturated rings. The molecule has 0 radical (unpaired) electrons. The number of aryl methyl sites for hydroxylation is 1. The Kier molecular flexibility index (Phi) is 4.93. The summed E-state index contributed by atoms with van der Waals surface area (Å²) in [7, 11) is 0. The van der Waals surface area contributed by atoms with E-state index in [-0.39, 0.29) is 25.2 Å². The molecule has 0 aliphatic rings. The Balaban J connectivity index is 2.33. The van der Waals surface area contributed by atoms with Crippen LogP contribution in [-0.2, 0) is 0 Å². The first-order valence-corrected chi connectivity index (χ1v) is 7.01. The van der Waals surface area contributed by atoms with Crippen molar-refractivity contribution in [3.8, 4) is 5.75 Å². The fourth-order valence-electron chi connectivity index (χ4n) is 2.27. The molecule has 0 bridgehead atoms. The van der Waals surface area contributed by atoms with Crippen LogP contribution in [0, 0.1) is 6.92 Å². The van der Waals surface area contributed by atoms with E-state index in [0.29, 0.717) is 29.4 Å². The van der Waals surface area contributed by atoms with E-state index in [1.807, 2.05) is 13.0 Å². The van der Waals surface area contributed by atoms with Crippen molar-refractivity contribution >= 4 is 11.4 Å². The van der Waals surface area contributed by atoms with Gasteiger partial charge in [0.2, 0.25) is 0 Å². The average Bonchev–Trinajstić information content (AvgIpc) is 2.82. The number of ketones is 1. The van der Waals surface area contributed by atoms with Gasteiger partial charge in [0.1, 0.15) is 5.69 Å². The number of pyridine rings is 1. The molecule has 2 N–H and O–H groups in total. The van der Waals surface area contributed by atoms with E-state index in [2.05, 4.69) is 4.98 Å². The Labute approximate surface area is 123 Å². The van der Waals surface area contributed by atoms with Crippen molar-refractivity contribution in [3.05, 3.63) is 29.7 Å². The average molecular weight is 292 g/mol. The normalized spacial score (nSPS) is 12.6. The molecule has 0 aromatic carbocycles. The number of imidazole rings is 1. The minimum atomic E-state index is -0.868. The maximum absolute atomic E-state index is 12.3. The summed E-state index contributed by atoms with van der Waals surface area (Å²) in [4.78, 5) is 16.7. The highest BCUT2D eigenvalue weighted by Gasteiger charge is 2.19. The number of aromatic nitrogens is 2. The summed E-state index contributed by atoms with van der Waals surface area (Å²) in [5, 5.41) is 18.2. The number of fused-ring (bicyclic) bond motifs is 1. The smallest absolute Gasteiger partial charge is 0.181 e. The molecule has 2 heterocycles. The minimum Gasteiger partial charge on any atom is -0.490 e. The van der Waals surface area contributed by atoms with Crippen LogP contribution in [0.1, 0.15) is 35.9 Å². The summed E-state index contributed by atoms with van der Waals surface area (Å²) in [6, 6.07) is 3.62. The van der Waals surface area contributed by atoms with E-state index >= 15 is 0 Å². The number of ether oxygens (including phenoxy) is 1. The number of hydrogen-bond acceptors (Lipinski definition) is 5. The van der Waals surface area contributed by atoms with Crippen LogP contribution in [0.25, 0.3) is 5.65 Å². The van der Waals surface area contributed by atoms with Gasteiger partial charge in [-0.15, -0.1) is 0 Å². The van der Waals surface area contributed by atoms with E-state index in [0.717, 1.165) is 0 Å². The standard InChI is InChI=1S/C15H20N2O4/c1-3-21-13-5-4-8-17-14(10(2)16-15(13)17)12(20)7-6-11(19)9-18/h4-5,8,11,18-19H,3,6-7,9H2,1-2H3/t11-/m1/s1. The zero-order valence-corrected chi connectivity index (χ0v) is 12.2. The van der Waals surface area contributed by atoms with Gasteiger partial charge in [0.05, 0.1) is 25.0 Å². The van der Waals surface area contributed by atoms with E-state index in [9.17, 15) is 9.90 Å². The number of hydrogen-bond donors (Lipinski definition) is 2. The van der Waals surface area contributed by atoms with Gasteiger partial charge in [-0.25, -0.2) is 4.98 Å². The molecule has 0 amide bonds. The number of aliphatic hydroxyl groups excluding tert-OH is 2. The fourth-order valence-corrected chi connectivity index (χ4v) is 2.27. The monoisotopic (exact) mass is 292 g/mol. The first kappa shape index (κ1) is 15.5. The fraction of sp³-hybridized carbons (Fsp3) is 0.467. The lowest BCUT2D eigenvalue weighted by atomic mass is 10.1. The molecule has 0 unspecified atom stereocenters. The minimum absolute atomic E-state index is 0.110. The quantitative estimate of drug-likeness (QED) is 0.753. The van der Waals surface area contributed by atoms with Gasteiger partial charge in [0.15, 0.2) is 17.2 Å². The Hall–Kier alpha value is -1.92. The predicted octanol–water partition coefficient (Wildman–Crippen LogP) is 1.36. The molecule has 21 heavy (non-hydrogen) atoms. The van der Waals surface area contributed by atoms with Crippen LogP contribution >= 0.6 is 0 Å². The third kappa shape index (κ3) is 3.22. The number of rotatable bonds is 7. The molecule has 2 rings (SSSR count). The molecule has 6 heteroatoms. The number of Topliss-reactive ketones (excluding diaryl/α,β-unsaturated/α-hetero) is 1. The highest BCUT2D eigenvalue weighted by atomic mass is 16.5. The SMILES string of the molecule is CCOc1cccn2c(C(=O)CC[C@@H](O)CO)c(C)nc12. The first-order valence-electron chi connectivity index (χ1n) is 7.01. The molecule has 114 valence electrons. The maximum atomic E-state index is 12.3. The first-order chi connectivity index (χ1) is 10.1. The van der Waals surface area contributed by atoms with Gasteiger partial charge in [-0.3, -0.25) is 9.20 Å². The molecule has 2 aromatic rings. The Morgan fingerprint density at radius 1 is 1.52 bits per heavy atom. The van der Waals surface area contributed by atoms with E-state index in [1.165, 1.54) is 0 Å². The summed E-state index contributed by atoms with van der Waals surface area (Å²) < 4.78 is 7.23. The van der Waals surface area contributed by atoms with Crippen molar-refractivity contribution < 1.29 is 19.7 Å². The van der Waals surface area contributed by atoms with Gasteiger partial charge in [0.25, 0.3) is 0 Å². The van der Waals surface area contributed by atoms with Crippen molar-refractivity contribution in [1.29, 1.82) is 0 Å². The van der Waals surface area contributed by atoms with Crippen molar-refractivity contribution in [1.82, 2.24) is 9.38 Å². The molecule has 0 saturated carbocycles. The van der Waals surface area contributed by atoms with Gasteiger partial charge in [-0.2, -0.15) is 0 Å². The van der Waals surface area contributed by atoms with Crippen LogP contribution < -0.4 is 4.74 Å². The van der Waals surface area contributed by atoms with Crippen LogP contribution in [0.2, 0.25) is 0 Å². The molecule has 1 atom stereocenters. The number of carbonyl (C=O) groups is 1. The summed E-state index contributed by atoms with van der Waals surface area (Å²) in [6.45, 7) is 3.85. The Morgan fingerprint density at radius 2 is 2.29 bits per heavy atom. The van der Waals surface area contributed by atoms with Gasteiger partial charge >= 0.3 is 0 Å². The molecule has 6 nitrogen and oxygen atoms in total. The topological polar surface area (TPSA) is 84.1 Å². The van der Waals surface area contributed by atoms with Gasteiger partial charge in [0, 0.05) is 12.6 Å². The van der Waals surface area contributed by atoms with Crippen molar-refractivity contribution in [2.45, 2.75) is 32.8 Å². The maximum Gasteiger partial charge on any atom is 0.181 e. The van der Waals surface area contributed by atoms with Crippen LogP contribution in [0.4, 0.5) is 0 Å². The largest absolute Gasteiger partial charge is 0.490 e. The lowest BCUT2D eigenvalue weighted by Crippen LogP contribution is -2.15. The van der Waals surface area contributed by atoms with Crippen LogP contribution in [0.15, 0.2) is 18.3 Å². The molecule has 0 saturated heterocycles. The molecule has 0 aliphatic carbocycles. The second-order valence-electron chi connectivity index (χ2n) is 4.84. The molecular formula is C15H20N2O4. The third-order valence-electron chi connectivity index (χ3n) is 3.27. The second-order valence-corrected chi connectivity index (χ2v) is 4.84. The van der Waals surface area contributed by atoms with Crippen molar-refractivity contribution in [2.75, 3.05) is 13.2 Å². The number of carbonyl (C=O) groups excluding carboxylic acids is 1. The summed E-state index contributed by atoms with van der Waals surface area (Å²) in [5.74, 6) is 0.527. The lowest BCUT2D eigenvalue weighted by molar-refractivity contribution is 0.0776. The van der Waals surface area contributed by atoms with Gasteiger partial charge < -0.3 is 14.9 Å². The van der Waals surface area contributed by atoms with E-state index in [1.54, 1.807) is 23.6 Å². The zero-order valence-electron chi connectivity index (χ0n) is 12.2. The molecule has 0 spiro atoms. The Bertz CT molecular complexity index is 636. The highest BCUT2D eigenvalue weighted by Crippen LogP contribution is 2.23. The molecule has 2 aromatic heterocycles. The predicted molar refractivity (Wildman–Crippen MR) is 77.8 cm³/mol. The zero-order chi connectivity index (χ0) is 15.4. The lowest BCUT2D eigenvalue weighted by Gasteiger charge is -2.07. The van der Waals surface area contributed by atoms with Gasteiger partial charge in [-0.05, 0) is 32.4 Å².